The quantitative estimate of drug-likeness (QED) is 0.783. The lowest BCUT2D eigenvalue weighted by Gasteiger charge is -2.09. The zero-order valence-corrected chi connectivity index (χ0v) is 10.8. The highest BCUT2D eigenvalue weighted by Gasteiger charge is 2.03. The van der Waals surface area contributed by atoms with Crippen LogP contribution in [0.2, 0.25) is 0 Å². The van der Waals surface area contributed by atoms with E-state index in [-0.39, 0.29) is 5.91 Å². The normalized spacial score (nSPS) is 10.6. The molecule has 1 rings (SSSR count). The van der Waals surface area contributed by atoms with E-state index in [2.05, 4.69) is 29.5 Å². The van der Waals surface area contributed by atoms with Crippen LogP contribution in [0.4, 0.5) is 0 Å². The van der Waals surface area contributed by atoms with Crippen LogP contribution in [0.25, 0.3) is 0 Å². The first kappa shape index (κ1) is 13.6. The van der Waals surface area contributed by atoms with Crippen molar-refractivity contribution < 1.29 is 4.79 Å². The van der Waals surface area contributed by atoms with Crippen molar-refractivity contribution in [2.45, 2.75) is 39.8 Å². The number of amides is 1. The van der Waals surface area contributed by atoms with Gasteiger partial charge in [0.15, 0.2) is 0 Å². The summed E-state index contributed by atoms with van der Waals surface area (Å²) in [5.74, 6) is 0.0707. The summed E-state index contributed by atoms with van der Waals surface area (Å²) >= 11 is 0. The van der Waals surface area contributed by atoms with Gasteiger partial charge in [0.1, 0.15) is 0 Å². The summed E-state index contributed by atoms with van der Waals surface area (Å²) < 4.78 is 0. The molecule has 0 atom stereocenters. The van der Waals surface area contributed by atoms with Gasteiger partial charge in [0, 0.05) is 37.9 Å². The molecule has 4 nitrogen and oxygen atoms in total. The minimum atomic E-state index is 0.0707. The lowest BCUT2D eigenvalue weighted by molar-refractivity contribution is -0.121. The highest BCUT2D eigenvalue weighted by molar-refractivity contribution is 5.76. The van der Waals surface area contributed by atoms with Crippen LogP contribution in [0.1, 0.15) is 31.4 Å². The Morgan fingerprint density at radius 1 is 1.47 bits per heavy atom. The van der Waals surface area contributed by atoms with E-state index in [0.29, 0.717) is 19.0 Å². The van der Waals surface area contributed by atoms with Gasteiger partial charge in [-0.2, -0.15) is 0 Å². The van der Waals surface area contributed by atoms with Gasteiger partial charge >= 0.3 is 0 Å². The number of carbonyl (C=O) groups excluding carboxylic acids is 1. The van der Waals surface area contributed by atoms with Crippen LogP contribution in [0.15, 0.2) is 18.5 Å². The van der Waals surface area contributed by atoms with Gasteiger partial charge in [-0.25, -0.2) is 0 Å². The topological polar surface area (TPSA) is 54.0 Å². The number of nitrogens with one attached hydrogen (secondary N) is 2. The highest BCUT2D eigenvalue weighted by Crippen LogP contribution is 2.03. The molecule has 4 heteroatoms. The average Bonchev–Trinajstić information content (AvgIpc) is 2.27. The summed E-state index contributed by atoms with van der Waals surface area (Å²) in [4.78, 5) is 15.6. The van der Waals surface area contributed by atoms with Crippen LogP contribution in [0.3, 0.4) is 0 Å². The molecular formula is C13H21N3O. The molecule has 0 radical (unpaired) electrons. The van der Waals surface area contributed by atoms with E-state index in [0.717, 1.165) is 17.7 Å². The predicted octanol–water partition coefficient (Wildman–Crippen LogP) is 1.39. The Morgan fingerprint density at radius 2 is 2.24 bits per heavy atom. The van der Waals surface area contributed by atoms with Gasteiger partial charge in [-0.05, 0) is 24.1 Å². The highest BCUT2D eigenvalue weighted by atomic mass is 16.1. The van der Waals surface area contributed by atoms with Gasteiger partial charge in [0.2, 0.25) is 5.91 Å². The maximum absolute atomic E-state index is 11.5. The van der Waals surface area contributed by atoms with Crippen molar-refractivity contribution in [3.8, 4) is 0 Å². The molecule has 0 aliphatic carbocycles. The molecule has 1 aromatic rings. The minimum Gasteiger partial charge on any atom is -0.352 e. The van der Waals surface area contributed by atoms with Crippen molar-refractivity contribution in [2.24, 2.45) is 0 Å². The fourth-order valence-electron chi connectivity index (χ4n) is 1.44. The van der Waals surface area contributed by atoms with Gasteiger partial charge in [-0.1, -0.05) is 13.8 Å². The Kier molecular flexibility index (Phi) is 5.63. The first-order valence-electron chi connectivity index (χ1n) is 5.99. The fourth-order valence-corrected chi connectivity index (χ4v) is 1.44. The maximum atomic E-state index is 11.5. The maximum Gasteiger partial charge on any atom is 0.221 e. The summed E-state index contributed by atoms with van der Waals surface area (Å²) in [6.45, 7) is 7.42. The number of pyridine rings is 1. The molecular weight excluding hydrogens is 214 g/mol. The van der Waals surface area contributed by atoms with E-state index in [9.17, 15) is 4.79 Å². The van der Waals surface area contributed by atoms with Crippen LogP contribution < -0.4 is 10.6 Å². The molecule has 1 heterocycles. The summed E-state index contributed by atoms with van der Waals surface area (Å²) in [5.41, 5.74) is 2.22. The second-order valence-electron chi connectivity index (χ2n) is 4.44. The summed E-state index contributed by atoms with van der Waals surface area (Å²) in [6.07, 6.45) is 4.06. The molecule has 2 N–H and O–H groups in total. The largest absolute Gasteiger partial charge is 0.352 e. The van der Waals surface area contributed by atoms with Crippen LogP contribution in [0, 0.1) is 6.92 Å². The number of nitrogens with zero attached hydrogens (tertiary/aromatic N) is 1. The number of aromatic nitrogens is 1. The number of hydrogen-bond acceptors (Lipinski definition) is 3. The zero-order valence-electron chi connectivity index (χ0n) is 10.8. The van der Waals surface area contributed by atoms with E-state index < -0.39 is 0 Å². The smallest absolute Gasteiger partial charge is 0.221 e. The molecule has 0 saturated carbocycles. The molecule has 0 aromatic carbocycles. The molecule has 0 unspecified atom stereocenters. The molecule has 0 fully saturated rings. The Morgan fingerprint density at radius 3 is 2.88 bits per heavy atom. The molecule has 0 aliphatic rings. The summed E-state index contributed by atoms with van der Waals surface area (Å²) in [5, 5.41) is 6.11. The summed E-state index contributed by atoms with van der Waals surface area (Å²) in [6, 6.07) is 2.37. The molecule has 0 saturated heterocycles. The van der Waals surface area contributed by atoms with Crippen molar-refractivity contribution in [2.75, 3.05) is 6.54 Å². The van der Waals surface area contributed by atoms with Crippen molar-refractivity contribution in [1.82, 2.24) is 15.6 Å². The van der Waals surface area contributed by atoms with Crippen molar-refractivity contribution in [3.63, 3.8) is 0 Å². The van der Waals surface area contributed by atoms with Crippen molar-refractivity contribution >= 4 is 5.91 Å². The Balaban J connectivity index is 2.26. The lowest BCUT2D eigenvalue weighted by atomic mass is 10.1. The Bertz CT molecular complexity index is 363. The van der Waals surface area contributed by atoms with Gasteiger partial charge in [-0.3, -0.25) is 9.78 Å². The Labute approximate surface area is 103 Å². The number of aryl methyl sites for hydroxylation is 1. The molecule has 94 valence electrons. The third kappa shape index (κ3) is 5.45. The predicted molar refractivity (Wildman–Crippen MR) is 68.6 cm³/mol. The van der Waals surface area contributed by atoms with E-state index in [1.807, 2.05) is 13.0 Å². The van der Waals surface area contributed by atoms with Crippen molar-refractivity contribution in [1.29, 1.82) is 0 Å². The molecule has 0 spiro atoms. The first-order valence-corrected chi connectivity index (χ1v) is 5.99. The average molecular weight is 235 g/mol. The standard InChI is InChI=1S/C13H21N3O/c1-10(2)15-7-5-13(17)16-9-12-8-14-6-4-11(12)3/h4,6,8,10,15H,5,7,9H2,1-3H3,(H,16,17). The van der Waals surface area contributed by atoms with Crippen molar-refractivity contribution in [3.05, 3.63) is 29.6 Å². The van der Waals surface area contributed by atoms with Gasteiger partial charge in [0.25, 0.3) is 0 Å². The Hall–Kier alpha value is -1.42. The van der Waals surface area contributed by atoms with E-state index in [1.54, 1.807) is 12.4 Å². The monoisotopic (exact) mass is 235 g/mol. The molecule has 1 amide bonds. The van der Waals surface area contributed by atoms with Crippen LogP contribution in [-0.4, -0.2) is 23.5 Å². The van der Waals surface area contributed by atoms with Gasteiger partial charge in [-0.15, -0.1) is 0 Å². The van der Waals surface area contributed by atoms with Crippen LogP contribution in [0.5, 0.6) is 0 Å². The fraction of sp³-hybridized carbons (Fsp3) is 0.538. The van der Waals surface area contributed by atoms with Crippen LogP contribution in [-0.2, 0) is 11.3 Å². The number of carbonyl (C=O) groups is 1. The molecule has 17 heavy (non-hydrogen) atoms. The molecule has 0 aliphatic heterocycles. The van der Waals surface area contributed by atoms with Gasteiger partial charge < -0.3 is 10.6 Å². The SMILES string of the molecule is Cc1ccncc1CNC(=O)CCNC(C)C. The molecule has 1 aromatic heterocycles. The first-order chi connectivity index (χ1) is 8.09. The second kappa shape index (κ2) is 7.01. The third-order valence-corrected chi connectivity index (χ3v) is 2.53. The number of hydrogen-bond donors (Lipinski definition) is 2. The van der Waals surface area contributed by atoms with Crippen LogP contribution >= 0.6 is 0 Å². The zero-order chi connectivity index (χ0) is 12.7. The third-order valence-electron chi connectivity index (χ3n) is 2.53. The second-order valence-corrected chi connectivity index (χ2v) is 4.44. The summed E-state index contributed by atoms with van der Waals surface area (Å²) in [7, 11) is 0. The number of rotatable bonds is 6. The van der Waals surface area contributed by atoms with E-state index >= 15 is 0 Å². The van der Waals surface area contributed by atoms with Gasteiger partial charge in [0.05, 0.1) is 0 Å². The molecule has 0 bridgehead atoms. The minimum absolute atomic E-state index is 0.0707. The van der Waals surface area contributed by atoms with E-state index in [1.165, 1.54) is 0 Å². The van der Waals surface area contributed by atoms with E-state index in [4.69, 9.17) is 0 Å². The lowest BCUT2D eigenvalue weighted by Crippen LogP contribution is -2.30.